The van der Waals surface area contributed by atoms with E-state index in [4.69, 9.17) is 4.74 Å². The zero-order valence-corrected chi connectivity index (χ0v) is 9.10. The van der Waals surface area contributed by atoms with Gasteiger partial charge in [-0.05, 0) is 6.92 Å². The van der Waals surface area contributed by atoms with Gasteiger partial charge >= 0.3 is 5.97 Å². The van der Waals surface area contributed by atoms with Crippen molar-refractivity contribution in [1.82, 2.24) is 0 Å². The number of Topliss-reactive ketones (excluding diaryl/α,β-unsaturated/α-hetero) is 1. The lowest BCUT2D eigenvalue weighted by molar-refractivity contribution is -0.146. The molecule has 1 aliphatic heterocycles. The van der Waals surface area contributed by atoms with Gasteiger partial charge in [0.1, 0.15) is 0 Å². The van der Waals surface area contributed by atoms with Crippen molar-refractivity contribution in [2.45, 2.75) is 18.6 Å². The number of rotatable bonds is 3. The number of esters is 1. The second kappa shape index (κ2) is 3.72. The number of hydrogen-bond donors (Lipinski definition) is 0. The summed E-state index contributed by atoms with van der Waals surface area (Å²) in [5, 5.41) is 0. The Hall–Kier alpha value is -1.68. The number of epoxide rings is 1. The summed E-state index contributed by atoms with van der Waals surface area (Å²) in [6.45, 7) is 1.56. The van der Waals surface area contributed by atoms with E-state index in [0.717, 1.165) is 0 Å². The van der Waals surface area contributed by atoms with Crippen molar-refractivity contribution < 1.29 is 19.1 Å². The fourth-order valence-corrected chi connectivity index (χ4v) is 1.63. The van der Waals surface area contributed by atoms with E-state index in [9.17, 15) is 9.59 Å². The Balaban J connectivity index is 2.13. The Morgan fingerprint density at radius 1 is 1.31 bits per heavy atom. The van der Waals surface area contributed by atoms with E-state index in [1.807, 2.05) is 6.07 Å². The molecule has 0 saturated carbocycles. The zero-order valence-electron chi connectivity index (χ0n) is 9.10. The van der Waals surface area contributed by atoms with Crippen LogP contribution in [0.15, 0.2) is 30.3 Å². The van der Waals surface area contributed by atoms with E-state index in [2.05, 4.69) is 4.74 Å². The smallest absolute Gasteiger partial charge is 0.341 e. The minimum atomic E-state index is -1.11. The van der Waals surface area contributed by atoms with Gasteiger partial charge in [0.25, 0.3) is 0 Å². The number of methoxy groups -OCH3 is 1. The predicted octanol–water partition coefficient (Wildman–Crippen LogP) is 1.20. The minimum absolute atomic E-state index is 0.187. The van der Waals surface area contributed by atoms with Crippen LogP contribution in [0.3, 0.4) is 0 Å². The SMILES string of the molecule is COC(=O)[C@]1(C)O[C@@H]1C(=O)c1ccccc1. The fraction of sp³-hybridized carbons (Fsp3) is 0.333. The monoisotopic (exact) mass is 220 g/mol. The molecule has 0 spiro atoms. The van der Waals surface area contributed by atoms with E-state index in [1.54, 1.807) is 31.2 Å². The van der Waals surface area contributed by atoms with Crippen LogP contribution in [-0.4, -0.2) is 30.6 Å². The Morgan fingerprint density at radius 3 is 2.50 bits per heavy atom. The molecule has 0 aliphatic carbocycles. The van der Waals surface area contributed by atoms with Crippen molar-refractivity contribution in [3.05, 3.63) is 35.9 Å². The first-order valence-corrected chi connectivity index (χ1v) is 4.95. The Bertz CT molecular complexity index is 426. The van der Waals surface area contributed by atoms with Crippen molar-refractivity contribution in [2.75, 3.05) is 7.11 Å². The molecule has 1 aromatic carbocycles. The van der Waals surface area contributed by atoms with Crippen LogP contribution in [0.2, 0.25) is 0 Å². The molecule has 1 heterocycles. The summed E-state index contributed by atoms with van der Waals surface area (Å²) in [5.41, 5.74) is -0.568. The van der Waals surface area contributed by atoms with Crippen molar-refractivity contribution in [3.8, 4) is 0 Å². The van der Waals surface area contributed by atoms with E-state index in [1.165, 1.54) is 7.11 Å². The second-order valence-corrected chi connectivity index (χ2v) is 3.83. The third kappa shape index (κ3) is 1.61. The number of carbonyl (C=O) groups is 2. The van der Waals surface area contributed by atoms with Gasteiger partial charge in [-0.2, -0.15) is 0 Å². The molecule has 1 saturated heterocycles. The van der Waals surface area contributed by atoms with E-state index in [0.29, 0.717) is 5.56 Å². The lowest BCUT2D eigenvalue weighted by Crippen LogP contribution is -2.28. The van der Waals surface area contributed by atoms with E-state index in [-0.39, 0.29) is 5.78 Å². The van der Waals surface area contributed by atoms with Crippen LogP contribution >= 0.6 is 0 Å². The molecule has 0 bridgehead atoms. The molecule has 0 amide bonds. The summed E-state index contributed by atoms with van der Waals surface area (Å²) >= 11 is 0. The van der Waals surface area contributed by atoms with Crippen LogP contribution in [0.25, 0.3) is 0 Å². The van der Waals surface area contributed by atoms with Crippen LogP contribution in [0.5, 0.6) is 0 Å². The maximum Gasteiger partial charge on any atom is 0.341 e. The van der Waals surface area contributed by atoms with Gasteiger partial charge in [-0.25, -0.2) is 4.79 Å². The number of ether oxygens (including phenoxy) is 2. The van der Waals surface area contributed by atoms with Gasteiger partial charge < -0.3 is 9.47 Å². The number of ketones is 1. The summed E-state index contributed by atoms with van der Waals surface area (Å²) in [6.07, 6.45) is -0.720. The molecule has 0 N–H and O–H groups in total. The van der Waals surface area contributed by atoms with Gasteiger partial charge in [0, 0.05) is 5.56 Å². The highest BCUT2D eigenvalue weighted by atomic mass is 16.7. The van der Waals surface area contributed by atoms with E-state index >= 15 is 0 Å². The third-order valence-corrected chi connectivity index (χ3v) is 2.69. The Labute approximate surface area is 93.2 Å². The highest BCUT2D eigenvalue weighted by molar-refractivity contribution is 6.06. The average Bonchev–Trinajstić information content (AvgIpc) is 3.02. The largest absolute Gasteiger partial charge is 0.467 e. The lowest BCUT2D eigenvalue weighted by atomic mass is 10.00. The Morgan fingerprint density at radius 2 is 1.94 bits per heavy atom. The highest BCUT2D eigenvalue weighted by Gasteiger charge is 2.63. The number of benzene rings is 1. The summed E-state index contributed by atoms with van der Waals surface area (Å²) in [4.78, 5) is 23.3. The molecule has 1 aliphatic rings. The number of carbonyl (C=O) groups excluding carboxylic acids is 2. The standard InChI is InChI=1S/C12H12O4/c1-12(11(14)15-2)10(16-12)9(13)8-6-4-3-5-7-8/h3-7,10H,1-2H3/t10-,12-/m1/s1. The van der Waals surface area contributed by atoms with Crippen molar-refractivity contribution in [1.29, 1.82) is 0 Å². The molecule has 1 fully saturated rings. The molecule has 1 aromatic rings. The predicted molar refractivity (Wildman–Crippen MR) is 56.1 cm³/mol. The molecule has 16 heavy (non-hydrogen) atoms. The summed E-state index contributed by atoms with van der Waals surface area (Å²) in [6, 6.07) is 8.75. The molecule has 0 unspecified atom stereocenters. The summed E-state index contributed by atoms with van der Waals surface area (Å²) < 4.78 is 9.73. The maximum atomic E-state index is 11.9. The van der Waals surface area contributed by atoms with Crippen LogP contribution in [0.4, 0.5) is 0 Å². The zero-order chi connectivity index (χ0) is 11.8. The quantitative estimate of drug-likeness (QED) is 0.436. The molecule has 0 aromatic heterocycles. The molecule has 84 valence electrons. The van der Waals surface area contributed by atoms with E-state index < -0.39 is 17.7 Å². The van der Waals surface area contributed by atoms with Crippen LogP contribution in [0.1, 0.15) is 17.3 Å². The number of hydrogen-bond acceptors (Lipinski definition) is 4. The molecule has 2 rings (SSSR count). The highest BCUT2D eigenvalue weighted by Crippen LogP contribution is 2.39. The van der Waals surface area contributed by atoms with Crippen molar-refractivity contribution in [3.63, 3.8) is 0 Å². The van der Waals surface area contributed by atoms with Gasteiger partial charge in [-0.15, -0.1) is 0 Å². The topological polar surface area (TPSA) is 55.9 Å². The summed E-state index contributed by atoms with van der Waals surface area (Å²) in [7, 11) is 1.28. The first-order valence-electron chi connectivity index (χ1n) is 4.95. The van der Waals surface area contributed by atoms with Crippen LogP contribution in [0, 0.1) is 0 Å². The molecule has 4 nitrogen and oxygen atoms in total. The summed E-state index contributed by atoms with van der Waals surface area (Å²) in [5.74, 6) is -0.699. The fourth-order valence-electron chi connectivity index (χ4n) is 1.63. The van der Waals surface area contributed by atoms with Gasteiger partial charge in [-0.3, -0.25) is 4.79 Å². The van der Waals surface area contributed by atoms with Gasteiger partial charge in [-0.1, -0.05) is 30.3 Å². The lowest BCUT2D eigenvalue weighted by Gasteiger charge is -2.02. The average molecular weight is 220 g/mol. The molecular formula is C12H12O4. The maximum absolute atomic E-state index is 11.9. The van der Waals surface area contributed by atoms with Crippen LogP contribution < -0.4 is 0 Å². The first-order chi connectivity index (χ1) is 7.59. The second-order valence-electron chi connectivity index (χ2n) is 3.83. The third-order valence-electron chi connectivity index (χ3n) is 2.69. The molecule has 0 radical (unpaired) electrons. The normalized spacial score (nSPS) is 27.2. The van der Waals surface area contributed by atoms with Crippen molar-refractivity contribution in [2.24, 2.45) is 0 Å². The Kier molecular flexibility index (Phi) is 2.52. The van der Waals surface area contributed by atoms with Gasteiger partial charge in [0.15, 0.2) is 17.5 Å². The minimum Gasteiger partial charge on any atom is -0.467 e. The molecule has 4 heteroatoms. The van der Waals surface area contributed by atoms with Gasteiger partial charge in [0.05, 0.1) is 7.11 Å². The van der Waals surface area contributed by atoms with Crippen molar-refractivity contribution >= 4 is 11.8 Å². The van der Waals surface area contributed by atoms with Crippen LogP contribution in [-0.2, 0) is 14.3 Å². The molecule has 2 atom stereocenters. The van der Waals surface area contributed by atoms with Gasteiger partial charge in [0.2, 0.25) is 0 Å². The molecular weight excluding hydrogens is 208 g/mol. The first kappa shape index (κ1) is 10.8.